The topological polar surface area (TPSA) is 127 Å². The summed E-state index contributed by atoms with van der Waals surface area (Å²) in [6.45, 7) is -1.14. The zero-order valence-electron chi connectivity index (χ0n) is 7.33. The zero-order chi connectivity index (χ0) is 11.1. The molecule has 0 aromatic heterocycles. The average molecular weight is 207 g/mol. The van der Waals surface area contributed by atoms with Crippen LogP contribution in [0.3, 0.4) is 0 Å². The quantitative estimate of drug-likeness (QED) is 0.274. The highest BCUT2D eigenvalue weighted by Gasteiger charge is 2.28. The van der Waals surface area contributed by atoms with Gasteiger partial charge in [-0.1, -0.05) is 0 Å². The Morgan fingerprint density at radius 2 is 1.93 bits per heavy atom. The monoisotopic (exact) mass is 207 g/mol. The first-order valence-corrected chi connectivity index (χ1v) is 3.90. The van der Waals surface area contributed by atoms with Crippen molar-refractivity contribution in [2.24, 2.45) is 0 Å². The van der Waals surface area contributed by atoms with Crippen molar-refractivity contribution in [3.63, 3.8) is 0 Å². The molecule has 82 valence electrons. The second-order valence-electron chi connectivity index (χ2n) is 2.64. The summed E-state index contributed by atoms with van der Waals surface area (Å²) < 4.78 is 0. The number of hydrogen-bond acceptors (Lipinski definition) is 6. The maximum absolute atomic E-state index is 11.0. The third kappa shape index (κ3) is 3.79. The van der Waals surface area contributed by atoms with E-state index in [1.165, 1.54) is 0 Å². The molecule has 0 rings (SSSR count). The van der Waals surface area contributed by atoms with Gasteiger partial charge in [0, 0.05) is 0 Å². The Morgan fingerprint density at radius 3 is 2.36 bits per heavy atom. The van der Waals surface area contributed by atoms with Crippen LogP contribution < -0.4 is 5.32 Å². The van der Waals surface area contributed by atoms with Gasteiger partial charge in [-0.05, 0) is 0 Å². The molecule has 0 radical (unpaired) electrons. The number of rotatable bonds is 7. The number of aliphatic hydroxyl groups excluding tert-OH is 4. The van der Waals surface area contributed by atoms with Crippen molar-refractivity contribution in [1.29, 1.82) is 0 Å². The lowest BCUT2D eigenvalue weighted by molar-refractivity contribution is -0.142. The van der Waals surface area contributed by atoms with Crippen molar-refractivity contribution >= 4 is 12.2 Å². The molecule has 0 heterocycles. The van der Waals surface area contributed by atoms with Gasteiger partial charge in [0.05, 0.1) is 13.2 Å². The van der Waals surface area contributed by atoms with Crippen LogP contribution in [0.4, 0.5) is 0 Å². The molecule has 1 unspecified atom stereocenters. The summed E-state index contributed by atoms with van der Waals surface area (Å²) in [6.07, 6.45) is -4.81. The highest BCUT2D eigenvalue weighted by atomic mass is 16.4. The molecule has 0 aliphatic rings. The molecule has 0 aromatic carbocycles. The van der Waals surface area contributed by atoms with Crippen LogP contribution >= 0.6 is 0 Å². The fraction of sp³-hybridized carbons (Fsp3) is 0.714. The number of Topliss-reactive ketones (excluding diaryl/α,β-unsaturated/α-hetero) is 1. The second kappa shape index (κ2) is 6.44. The lowest BCUT2D eigenvalue weighted by Gasteiger charge is -2.17. The lowest BCUT2D eigenvalue weighted by atomic mass is 10.1. The molecule has 0 saturated heterocycles. The van der Waals surface area contributed by atoms with Gasteiger partial charge >= 0.3 is 0 Å². The number of ketones is 1. The van der Waals surface area contributed by atoms with Crippen molar-refractivity contribution in [1.82, 2.24) is 5.32 Å². The summed E-state index contributed by atoms with van der Waals surface area (Å²) in [5, 5.41) is 37.3. The summed E-state index contributed by atoms with van der Waals surface area (Å²) >= 11 is 0. The molecule has 7 nitrogen and oxygen atoms in total. The Kier molecular flexibility index (Phi) is 5.97. The molecule has 0 aliphatic carbocycles. The number of amides is 1. The Bertz CT molecular complexity index is 197. The molecule has 0 fully saturated rings. The molecule has 14 heavy (non-hydrogen) atoms. The van der Waals surface area contributed by atoms with Crippen LogP contribution in [0.1, 0.15) is 0 Å². The maximum Gasteiger partial charge on any atom is 0.207 e. The highest BCUT2D eigenvalue weighted by Crippen LogP contribution is 1.98. The first kappa shape index (κ1) is 13.0. The first-order valence-electron chi connectivity index (χ1n) is 3.90. The Labute approximate surface area is 80.0 Å². The summed E-state index contributed by atoms with van der Waals surface area (Å²) in [4.78, 5) is 20.8. The predicted octanol–water partition coefficient (Wildman–Crippen LogP) is -3.62. The van der Waals surface area contributed by atoms with Gasteiger partial charge in [-0.2, -0.15) is 0 Å². The molecule has 0 aromatic rings. The van der Waals surface area contributed by atoms with Crippen molar-refractivity contribution < 1.29 is 30.0 Å². The first-order chi connectivity index (χ1) is 6.54. The van der Waals surface area contributed by atoms with Crippen LogP contribution in [0.5, 0.6) is 0 Å². The van der Waals surface area contributed by atoms with Crippen LogP contribution in [0.25, 0.3) is 0 Å². The van der Waals surface area contributed by atoms with Gasteiger partial charge in [0.1, 0.15) is 18.3 Å². The van der Waals surface area contributed by atoms with Crippen LogP contribution in [0, 0.1) is 0 Å². The van der Waals surface area contributed by atoms with E-state index in [4.69, 9.17) is 20.4 Å². The lowest BCUT2D eigenvalue weighted by Crippen LogP contribution is -2.45. The second-order valence-corrected chi connectivity index (χ2v) is 2.64. The van der Waals surface area contributed by atoms with Gasteiger partial charge in [-0.3, -0.25) is 9.59 Å². The SMILES string of the molecule is O=CNC[C@H](O)C(=O)[C@H](O)C(O)CO. The van der Waals surface area contributed by atoms with E-state index in [0.29, 0.717) is 0 Å². The minimum Gasteiger partial charge on any atom is -0.394 e. The van der Waals surface area contributed by atoms with Crippen LogP contribution in [0.15, 0.2) is 0 Å². The summed E-state index contributed by atoms with van der Waals surface area (Å²) in [5.74, 6) is -1.05. The molecule has 0 bridgehead atoms. The maximum atomic E-state index is 11.0. The van der Waals surface area contributed by atoms with Gasteiger partial charge < -0.3 is 25.7 Å². The summed E-state index contributed by atoms with van der Waals surface area (Å²) in [7, 11) is 0. The van der Waals surface area contributed by atoms with E-state index in [-0.39, 0.29) is 13.0 Å². The molecule has 1 amide bonds. The summed E-state index contributed by atoms with van der Waals surface area (Å²) in [5.41, 5.74) is 0. The molecule has 5 N–H and O–H groups in total. The number of hydrogen-bond donors (Lipinski definition) is 5. The van der Waals surface area contributed by atoms with E-state index in [9.17, 15) is 9.59 Å². The van der Waals surface area contributed by atoms with E-state index in [1.807, 2.05) is 5.32 Å². The van der Waals surface area contributed by atoms with E-state index in [1.54, 1.807) is 0 Å². The number of aliphatic hydroxyl groups is 4. The minimum atomic E-state index is -1.86. The predicted molar refractivity (Wildman–Crippen MR) is 44.2 cm³/mol. The molecule has 3 atom stereocenters. The van der Waals surface area contributed by atoms with Gasteiger partial charge in [-0.25, -0.2) is 0 Å². The van der Waals surface area contributed by atoms with Crippen molar-refractivity contribution in [2.75, 3.05) is 13.2 Å². The Hall–Kier alpha value is -1.02. The third-order valence-corrected chi connectivity index (χ3v) is 1.57. The number of carbonyl (C=O) groups excluding carboxylic acids is 2. The third-order valence-electron chi connectivity index (χ3n) is 1.57. The molecule has 0 saturated carbocycles. The fourth-order valence-electron chi connectivity index (χ4n) is 0.747. The average Bonchev–Trinajstić information content (AvgIpc) is 2.22. The van der Waals surface area contributed by atoms with Gasteiger partial charge in [0.25, 0.3) is 0 Å². The number of nitrogens with one attached hydrogen (secondary N) is 1. The van der Waals surface area contributed by atoms with E-state index >= 15 is 0 Å². The minimum absolute atomic E-state index is 0.283. The fourth-order valence-corrected chi connectivity index (χ4v) is 0.747. The van der Waals surface area contributed by atoms with Crippen molar-refractivity contribution in [3.05, 3.63) is 0 Å². The number of carbonyl (C=O) groups is 2. The summed E-state index contributed by atoms with van der Waals surface area (Å²) in [6, 6.07) is 0. The smallest absolute Gasteiger partial charge is 0.207 e. The largest absolute Gasteiger partial charge is 0.394 e. The van der Waals surface area contributed by atoms with Gasteiger partial charge in [-0.15, -0.1) is 0 Å². The Balaban J connectivity index is 4.09. The van der Waals surface area contributed by atoms with Gasteiger partial charge in [0.15, 0.2) is 5.78 Å². The Morgan fingerprint density at radius 1 is 1.36 bits per heavy atom. The van der Waals surface area contributed by atoms with E-state index in [2.05, 4.69) is 0 Å². The zero-order valence-corrected chi connectivity index (χ0v) is 7.33. The van der Waals surface area contributed by atoms with Crippen LogP contribution in [0.2, 0.25) is 0 Å². The highest BCUT2D eigenvalue weighted by molar-refractivity contribution is 5.87. The van der Waals surface area contributed by atoms with Crippen molar-refractivity contribution in [2.45, 2.75) is 18.3 Å². The van der Waals surface area contributed by atoms with E-state index in [0.717, 1.165) is 0 Å². The van der Waals surface area contributed by atoms with Crippen LogP contribution in [-0.4, -0.2) is 64.1 Å². The molecule has 0 aliphatic heterocycles. The molecular weight excluding hydrogens is 194 g/mol. The molecule has 7 heteroatoms. The van der Waals surface area contributed by atoms with E-state index < -0.39 is 30.7 Å². The molecular formula is C7H13NO6. The van der Waals surface area contributed by atoms with Crippen LogP contribution in [-0.2, 0) is 9.59 Å². The van der Waals surface area contributed by atoms with Gasteiger partial charge in [0.2, 0.25) is 6.41 Å². The van der Waals surface area contributed by atoms with Crippen molar-refractivity contribution in [3.8, 4) is 0 Å². The normalized spacial score (nSPS) is 16.9. The standard InChI is InChI=1S/C7H13NO6/c9-2-5(12)7(14)6(13)4(11)1-8-3-10/h3-5,7,9,11-12,14H,1-2H2,(H,8,10)/t4-,5?,7+/m0/s1. The molecule has 0 spiro atoms.